The molecule has 2 aliphatic heterocycles. The number of likely N-dealkylation sites (N-methyl/N-ethyl adjacent to an activating group) is 1. The second kappa shape index (κ2) is 9.94. The molecular weight excluding hydrogens is 324 g/mol. The van der Waals surface area contributed by atoms with E-state index in [-0.39, 0.29) is 30.7 Å². The van der Waals surface area contributed by atoms with E-state index in [1.807, 2.05) is 11.8 Å². The maximum absolute atomic E-state index is 12.4. The molecule has 0 spiro atoms. The van der Waals surface area contributed by atoms with Crippen molar-refractivity contribution in [1.82, 2.24) is 20.4 Å². The zero-order chi connectivity index (χ0) is 18.2. The molecule has 0 aliphatic carbocycles. The summed E-state index contributed by atoms with van der Waals surface area (Å²) in [7, 11) is 2.06. The molecule has 8 heteroatoms. The fraction of sp³-hybridized carbons (Fsp3) is 0.882. The molecule has 3 N–H and O–H groups in total. The first-order chi connectivity index (χ1) is 12.0. The Kier molecular flexibility index (Phi) is 7.92. The van der Waals surface area contributed by atoms with Crippen LogP contribution < -0.4 is 10.6 Å². The molecule has 0 radical (unpaired) electrons. The summed E-state index contributed by atoms with van der Waals surface area (Å²) in [5.41, 5.74) is 0. The van der Waals surface area contributed by atoms with Gasteiger partial charge < -0.3 is 30.3 Å². The second-order valence-corrected chi connectivity index (χ2v) is 6.95. The summed E-state index contributed by atoms with van der Waals surface area (Å²) in [6, 6.07) is -0.460. The Bertz CT molecular complexity index is 440. The fourth-order valence-electron chi connectivity index (χ4n) is 3.28. The van der Waals surface area contributed by atoms with Gasteiger partial charge in [-0.15, -0.1) is 0 Å². The van der Waals surface area contributed by atoms with Gasteiger partial charge in [0.15, 0.2) is 0 Å². The molecule has 3 amide bonds. The van der Waals surface area contributed by atoms with E-state index in [2.05, 4.69) is 22.6 Å². The first-order valence-electron chi connectivity index (χ1n) is 9.30. The van der Waals surface area contributed by atoms with Gasteiger partial charge in [0.2, 0.25) is 5.91 Å². The van der Waals surface area contributed by atoms with E-state index >= 15 is 0 Å². The Hall–Kier alpha value is -1.38. The highest BCUT2D eigenvalue weighted by atomic mass is 16.5. The number of rotatable bonds is 6. The smallest absolute Gasteiger partial charge is 0.315 e. The highest BCUT2D eigenvalue weighted by Gasteiger charge is 2.33. The van der Waals surface area contributed by atoms with Crippen LogP contribution in [0.5, 0.6) is 0 Å². The van der Waals surface area contributed by atoms with Gasteiger partial charge in [0.05, 0.1) is 25.2 Å². The van der Waals surface area contributed by atoms with Crippen molar-refractivity contribution in [2.24, 2.45) is 0 Å². The minimum Gasteiger partial charge on any atom is -0.394 e. The van der Waals surface area contributed by atoms with E-state index in [1.54, 1.807) is 0 Å². The van der Waals surface area contributed by atoms with E-state index in [4.69, 9.17) is 4.74 Å². The summed E-state index contributed by atoms with van der Waals surface area (Å²) in [5.74, 6) is 0.113. The predicted octanol–water partition coefficient (Wildman–Crippen LogP) is -0.232. The van der Waals surface area contributed by atoms with Crippen LogP contribution in [-0.4, -0.2) is 91.5 Å². The Balaban J connectivity index is 1.78. The maximum atomic E-state index is 12.4. The number of piperazine rings is 1. The molecule has 0 bridgehead atoms. The average Bonchev–Trinajstić information content (AvgIpc) is 2.61. The first-order valence-corrected chi connectivity index (χ1v) is 9.30. The molecule has 0 unspecified atom stereocenters. The molecule has 8 nitrogen and oxygen atoms in total. The molecule has 0 aromatic heterocycles. The van der Waals surface area contributed by atoms with Gasteiger partial charge in [-0.25, -0.2) is 4.79 Å². The van der Waals surface area contributed by atoms with Crippen molar-refractivity contribution in [3.8, 4) is 0 Å². The third kappa shape index (κ3) is 6.13. The summed E-state index contributed by atoms with van der Waals surface area (Å²) >= 11 is 0. The molecule has 144 valence electrons. The molecule has 2 aliphatic rings. The normalized spacial score (nSPS) is 27.8. The number of carbonyl (C=O) groups is 2. The van der Waals surface area contributed by atoms with Crippen LogP contribution in [-0.2, 0) is 9.53 Å². The average molecular weight is 356 g/mol. The SMILES string of the molecule is CCCNC(=O)N[C@H]1CC[C@H](CC(=O)N2CCN(C)CC2)O[C@H]1CO. The third-order valence-electron chi connectivity index (χ3n) is 4.91. The molecule has 2 rings (SSSR count). The van der Waals surface area contributed by atoms with E-state index in [0.29, 0.717) is 25.8 Å². The molecular formula is C17H32N4O4. The lowest BCUT2D eigenvalue weighted by atomic mass is 9.97. The number of aliphatic hydroxyl groups is 1. The Morgan fingerprint density at radius 3 is 2.56 bits per heavy atom. The van der Waals surface area contributed by atoms with Crippen molar-refractivity contribution in [2.45, 2.75) is 50.9 Å². The monoisotopic (exact) mass is 356 g/mol. The Morgan fingerprint density at radius 1 is 1.20 bits per heavy atom. The highest BCUT2D eigenvalue weighted by Crippen LogP contribution is 2.22. The van der Waals surface area contributed by atoms with Gasteiger partial charge in [0, 0.05) is 32.7 Å². The molecule has 0 aromatic carbocycles. The second-order valence-electron chi connectivity index (χ2n) is 6.95. The molecule has 0 saturated carbocycles. The van der Waals surface area contributed by atoms with E-state index < -0.39 is 6.10 Å². The minimum atomic E-state index is -0.466. The minimum absolute atomic E-state index is 0.113. The zero-order valence-electron chi connectivity index (χ0n) is 15.4. The van der Waals surface area contributed by atoms with Crippen molar-refractivity contribution in [3.05, 3.63) is 0 Å². The lowest BCUT2D eigenvalue weighted by molar-refractivity contribution is -0.141. The van der Waals surface area contributed by atoms with Crippen molar-refractivity contribution in [1.29, 1.82) is 0 Å². The lowest BCUT2D eigenvalue weighted by Crippen LogP contribution is -2.54. The van der Waals surface area contributed by atoms with E-state index in [1.165, 1.54) is 0 Å². The number of nitrogens with zero attached hydrogens (tertiary/aromatic N) is 2. The van der Waals surface area contributed by atoms with Crippen LogP contribution in [0.15, 0.2) is 0 Å². The Labute approximate surface area is 149 Å². The van der Waals surface area contributed by atoms with Crippen LogP contribution in [0.25, 0.3) is 0 Å². The number of aliphatic hydroxyl groups excluding tert-OH is 1. The van der Waals surface area contributed by atoms with Crippen molar-refractivity contribution in [2.75, 3.05) is 46.4 Å². The van der Waals surface area contributed by atoms with Crippen LogP contribution in [0, 0.1) is 0 Å². The van der Waals surface area contributed by atoms with Gasteiger partial charge in [-0.05, 0) is 26.3 Å². The summed E-state index contributed by atoms with van der Waals surface area (Å²) in [6.07, 6.45) is 1.95. The number of hydrogen-bond donors (Lipinski definition) is 3. The van der Waals surface area contributed by atoms with Crippen LogP contribution in [0.4, 0.5) is 4.79 Å². The maximum Gasteiger partial charge on any atom is 0.315 e. The van der Waals surface area contributed by atoms with Gasteiger partial charge >= 0.3 is 6.03 Å². The molecule has 2 heterocycles. The Morgan fingerprint density at radius 2 is 1.92 bits per heavy atom. The van der Waals surface area contributed by atoms with Crippen molar-refractivity contribution in [3.63, 3.8) is 0 Å². The van der Waals surface area contributed by atoms with Crippen LogP contribution >= 0.6 is 0 Å². The van der Waals surface area contributed by atoms with Crippen LogP contribution in [0.2, 0.25) is 0 Å². The highest BCUT2D eigenvalue weighted by molar-refractivity contribution is 5.77. The largest absolute Gasteiger partial charge is 0.394 e. The molecule has 2 fully saturated rings. The third-order valence-corrected chi connectivity index (χ3v) is 4.91. The van der Waals surface area contributed by atoms with Crippen molar-refractivity contribution >= 4 is 11.9 Å². The molecule has 25 heavy (non-hydrogen) atoms. The number of ether oxygens (including phenoxy) is 1. The number of urea groups is 1. The number of nitrogens with one attached hydrogen (secondary N) is 2. The summed E-state index contributed by atoms with van der Waals surface area (Å²) in [4.78, 5) is 28.3. The predicted molar refractivity (Wildman–Crippen MR) is 94.3 cm³/mol. The van der Waals surface area contributed by atoms with E-state index in [0.717, 1.165) is 32.6 Å². The van der Waals surface area contributed by atoms with Crippen LogP contribution in [0.1, 0.15) is 32.6 Å². The standard InChI is InChI=1S/C17H32N4O4/c1-3-6-18-17(24)19-14-5-4-13(25-15(14)12-22)11-16(23)21-9-7-20(2)8-10-21/h13-15,22H,3-12H2,1-2H3,(H2,18,19,24)/t13-,14+,15+/m1/s1. The summed E-state index contributed by atoms with van der Waals surface area (Å²) in [5, 5.41) is 15.2. The molecule has 0 aromatic rings. The zero-order valence-corrected chi connectivity index (χ0v) is 15.4. The lowest BCUT2D eigenvalue weighted by Gasteiger charge is -2.37. The van der Waals surface area contributed by atoms with Gasteiger partial charge in [-0.3, -0.25) is 4.79 Å². The van der Waals surface area contributed by atoms with Gasteiger partial charge in [-0.2, -0.15) is 0 Å². The number of amides is 3. The first kappa shape index (κ1) is 19.9. The van der Waals surface area contributed by atoms with Gasteiger partial charge in [0.1, 0.15) is 6.10 Å². The summed E-state index contributed by atoms with van der Waals surface area (Å²) < 4.78 is 5.89. The fourth-order valence-corrected chi connectivity index (χ4v) is 3.28. The van der Waals surface area contributed by atoms with E-state index in [9.17, 15) is 14.7 Å². The van der Waals surface area contributed by atoms with Gasteiger partial charge in [-0.1, -0.05) is 6.92 Å². The topological polar surface area (TPSA) is 94.1 Å². The number of hydrogen-bond acceptors (Lipinski definition) is 5. The summed E-state index contributed by atoms with van der Waals surface area (Å²) in [6.45, 7) is 5.75. The quantitative estimate of drug-likeness (QED) is 0.611. The van der Waals surface area contributed by atoms with Crippen molar-refractivity contribution < 1.29 is 19.4 Å². The molecule has 3 atom stereocenters. The van der Waals surface area contributed by atoms with Crippen LogP contribution in [0.3, 0.4) is 0 Å². The number of carbonyl (C=O) groups excluding carboxylic acids is 2. The molecule has 2 saturated heterocycles. The van der Waals surface area contributed by atoms with Gasteiger partial charge in [0.25, 0.3) is 0 Å².